The van der Waals surface area contributed by atoms with Gasteiger partial charge in [-0.05, 0) is 146 Å². The van der Waals surface area contributed by atoms with Crippen molar-refractivity contribution >= 4 is 61.7 Å². The van der Waals surface area contributed by atoms with Crippen molar-refractivity contribution in [1.82, 2.24) is 4.98 Å². The van der Waals surface area contributed by atoms with E-state index in [4.69, 9.17) is 9.72 Å². The Morgan fingerprint density at radius 3 is 1.98 bits per heavy atom. The zero-order chi connectivity index (χ0) is 41.8. The van der Waals surface area contributed by atoms with Gasteiger partial charge in [-0.25, -0.2) is 0 Å². The lowest BCUT2D eigenvalue weighted by atomic mass is 9.80. The van der Waals surface area contributed by atoms with Gasteiger partial charge in [-0.2, -0.15) is 0 Å². The van der Waals surface area contributed by atoms with E-state index in [2.05, 4.69) is 200 Å². The largest absolute Gasteiger partial charge is 0.457 e. The van der Waals surface area contributed by atoms with Gasteiger partial charge in [-0.15, -0.1) is 0 Å². The summed E-state index contributed by atoms with van der Waals surface area (Å²) in [5, 5.41) is 4.68. The number of hydrogen-bond donors (Lipinski definition) is 0. The predicted molar refractivity (Wildman–Crippen MR) is 261 cm³/mol. The van der Waals surface area contributed by atoms with Crippen LogP contribution in [0.3, 0.4) is 0 Å². The fourth-order valence-electron chi connectivity index (χ4n) is 10.6. The van der Waals surface area contributed by atoms with Crippen LogP contribution in [-0.4, -0.2) is 4.98 Å². The zero-order valence-corrected chi connectivity index (χ0v) is 35.8. The van der Waals surface area contributed by atoms with E-state index in [9.17, 15) is 0 Å². The highest BCUT2D eigenvalue weighted by atomic mass is 32.2. The van der Waals surface area contributed by atoms with E-state index in [-0.39, 0.29) is 5.41 Å². The lowest BCUT2D eigenvalue weighted by Crippen LogP contribution is -2.24. The number of allylic oxidation sites excluding steroid dienone is 3. The Morgan fingerprint density at radius 2 is 1.21 bits per heavy atom. The Morgan fingerprint density at radius 1 is 0.556 bits per heavy atom. The number of rotatable bonds is 4. The third-order valence-corrected chi connectivity index (χ3v) is 14.6. The molecular formula is C58H41N3OS. The van der Waals surface area contributed by atoms with Gasteiger partial charge in [0.1, 0.15) is 5.76 Å². The molecule has 2 aliphatic heterocycles. The van der Waals surface area contributed by atoms with Gasteiger partial charge in [0, 0.05) is 44.8 Å². The van der Waals surface area contributed by atoms with E-state index in [1.165, 1.54) is 65.3 Å². The highest BCUT2D eigenvalue weighted by Gasteiger charge is 2.36. The van der Waals surface area contributed by atoms with Crippen LogP contribution in [0.15, 0.2) is 209 Å². The third-order valence-electron chi connectivity index (χ3n) is 13.5. The topological polar surface area (TPSA) is 28.6 Å². The summed E-state index contributed by atoms with van der Waals surface area (Å²) in [6, 6.07) is 62.5. The predicted octanol–water partition coefficient (Wildman–Crippen LogP) is 16.1. The average molecular weight is 828 g/mol. The number of anilines is 5. The average Bonchev–Trinajstić information content (AvgIpc) is 3.56. The third kappa shape index (κ3) is 5.46. The van der Waals surface area contributed by atoms with Crippen LogP contribution in [0, 0.1) is 0 Å². The van der Waals surface area contributed by atoms with E-state index >= 15 is 0 Å². The van der Waals surface area contributed by atoms with E-state index in [1.807, 2.05) is 24.0 Å². The number of pyridine rings is 1. The van der Waals surface area contributed by atoms with Crippen LogP contribution in [0.1, 0.15) is 37.8 Å². The van der Waals surface area contributed by atoms with Crippen LogP contribution in [0.4, 0.5) is 28.4 Å². The first-order valence-corrected chi connectivity index (χ1v) is 22.7. The van der Waals surface area contributed by atoms with Crippen molar-refractivity contribution in [3.8, 4) is 39.3 Å². The summed E-state index contributed by atoms with van der Waals surface area (Å²) in [4.78, 5) is 12.4. The van der Waals surface area contributed by atoms with Crippen molar-refractivity contribution in [3.05, 3.63) is 211 Å². The molecule has 2 aliphatic carbocycles. The Labute approximate surface area is 371 Å². The van der Waals surface area contributed by atoms with Crippen LogP contribution >= 0.6 is 11.8 Å². The highest BCUT2D eigenvalue weighted by molar-refractivity contribution is 7.99. The summed E-state index contributed by atoms with van der Waals surface area (Å²) in [6.07, 6.45) is 8.24. The van der Waals surface area contributed by atoms with Crippen molar-refractivity contribution in [2.24, 2.45) is 0 Å². The molecule has 1 aromatic heterocycles. The van der Waals surface area contributed by atoms with Crippen molar-refractivity contribution < 1.29 is 4.74 Å². The first kappa shape index (κ1) is 36.3. The molecule has 0 saturated carbocycles. The van der Waals surface area contributed by atoms with Crippen molar-refractivity contribution in [2.75, 3.05) is 9.80 Å². The Balaban J connectivity index is 1.13. The monoisotopic (exact) mass is 827 g/mol. The molecule has 300 valence electrons. The standard InChI is InChI=1S/C58H41N3OS/c1-58(2)45-16-4-3-15-39(45)40-29-26-36(33-46(40)58)56-41-30-27-38(61-50-20-7-11-24-54(50)63-55-25-12-8-21-51(55)61)35-44(41)57(47-17-13-14-32-59-47)42-31-28-37(34-43(42)56)60-48-18-5-9-22-52(48)62-53-23-10-6-19-49(53)60/h3-9,11-22,24-35H,10,23H2,1-2H3. The minimum absolute atomic E-state index is 0.152. The van der Waals surface area contributed by atoms with Gasteiger partial charge in [0.25, 0.3) is 0 Å². The second-order valence-corrected chi connectivity index (χ2v) is 18.5. The Kier molecular flexibility index (Phi) is 7.98. The minimum atomic E-state index is -0.152. The maximum absolute atomic E-state index is 6.57. The van der Waals surface area contributed by atoms with Gasteiger partial charge in [0.15, 0.2) is 5.75 Å². The maximum atomic E-state index is 6.57. The molecule has 4 nitrogen and oxygen atoms in total. The summed E-state index contributed by atoms with van der Waals surface area (Å²) < 4.78 is 6.57. The molecule has 0 bridgehead atoms. The summed E-state index contributed by atoms with van der Waals surface area (Å²) in [6.45, 7) is 4.75. The SMILES string of the molecule is CC1(C)c2ccccc2-c2ccc(-c3c4cc(N5C6=C(CCC=C6)Oc6ccccc65)ccc4c(-c4ccccn4)c4cc(N5c6ccccc6Sc6ccccc65)ccc34)cc21. The fraction of sp³-hybridized carbons (Fsp3) is 0.0862. The molecule has 0 N–H and O–H groups in total. The van der Waals surface area contributed by atoms with E-state index in [0.717, 1.165) is 69.1 Å². The lowest BCUT2D eigenvalue weighted by molar-refractivity contribution is 0.388. The van der Waals surface area contributed by atoms with Gasteiger partial charge in [-0.3, -0.25) is 4.98 Å². The molecule has 4 aliphatic rings. The summed E-state index contributed by atoms with van der Waals surface area (Å²) >= 11 is 1.84. The van der Waals surface area contributed by atoms with Gasteiger partial charge < -0.3 is 14.5 Å². The van der Waals surface area contributed by atoms with Crippen LogP contribution in [0.25, 0.3) is 55.1 Å². The molecule has 9 aromatic rings. The number of nitrogens with zero attached hydrogens (tertiary/aromatic N) is 3. The molecule has 0 unspecified atom stereocenters. The van der Waals surface area contributed by atoms with Crippen LogP contribution in [0.2, 0.25) is 0 Å². The molecule has 0 amide bonds. The molecule has 63 heavy (non-hydrogen) atoms. The molecule has 8 aromatic carbocycles. The first-order chi connectivity index (χ1) is 31.0. The normalized spacial score (nSPS) is 15.3. The number of hydrogen-bond acceptors (Lipinski definition) is 5. The molecule has 0 saturated heterocycles. The van der Waals surface area contributed by atoms with Gasteiger partial charge in [0.05, 0.1) is 28.5 Å². The lowest BCUT2D eigenvalue weighted by Gasteiger charge is -2.35. The van der Waals surface area contributed by atoms with Crippen LogP contribution in [-0.2, 0) is 5.41 Å². The maximum Gasteiger partial charge on any atom is 0.151 e. The number of ether oxygens (including phenoxy) is 1. The second-order valence-electron chi connectivity index (χ2n) is 17.4. The van der Waals surface area contributed by atoms with Crippen molar-refractivity contribution in [1.29, 1.82) is 0 Å². The van der Waals surface area contributed by atoms with E-state index in [1.54, 1.807) is 0 Å². The van der Waals surface area contributed by atoms with Crippen molar-refractivity contribution in [3.63, 3.8) is 0 Å². The van der Waals surface area contributed by atoms with E-state index in [0.29, 0.717) is 0 Å². The molecular weight excluding hydrogens is 787 g/mol. The summed E-state index contributed by atoms with van der Waals surface area (Å²) in [5.74, 6) is 1.89. The fourth-order valence-corrected chi connectivity index (χ4v) is 11.7. The van der Waals surface area contributed by atoms with E-state index < -0.39 is 0 Å². The molecule has 5 heteroatoms. The van der Waals surface area contributed by atoms with Gasteiger partial charge in [0.2, 0.25) is 0 Å². The van der Waals surface area contributed by atoms with Gasteiger partial charge in [-0.1, -0.05) is 123 Å². The number of para-hydroxylation sites is 4. The quantitative estimate of drug-likeness (QED) is 0.165. The Hall–Kier alpha value is -7.34. The smallest absolute Gasteiger partial charge is 0.151 e. The number of fused-ring (bicyclic) bond motifs is 8. The zero-order valence-electron chi connectivity index (χ0n) is 35.0. The van der Waals surface area contributed by atoms with Gasteiger partial charge >= 0.3 is 0 Å². The minimum Gasteiger partial charge on any atom is -0.457 e. The molecule has 13 rings (SSSR count). The molecule has 0 atom stereocenters. The summed E-state index contributed by atoms with van der Waals surface area (Å²) in [7, 11) is 0. The van der Waals surface area contributed by atoms with Crippen LogP contribution in [0.5, 0.6) is 5.75 Å². The molecule has 0 radical (unpaired) electrons. The summed E-state index contributed by atoms with van der Waals surface area (Å²) in [5.41, 5.74) is 16.4. The van der Waals surface area contributed by atoms with Crippen LogP contribution < -0.4 is 14.5 Å². The molecule has 0 fully saturated rings. The second kappa shape index (κ2) is 13.8. The number of benzene rings is 8. The molecule has 0 spiro atoms. The first-order valence-electron chi connectivity index (χ1n) is 21.8. The highest BCUT2D eigenvalue weighted by Crippen LogP contribution is 2.55. The Bertz CT molecular complexity index is 3410. The molecule has 3 heterocycles. The number of aromatic nitrogens is 1. The van der Waals surface area contributed by atoms with Crippen molar-refractivity contribution in [2.45, 2.75) is 41.9 Å².